The predicted octanol–water partition coefficient (Wildman–Crippen LogP) is 3.95. The van der Waals surface area contributed by atoms with Crippen molar-refractivity contribution in [3.63, 3.8) is 0 Å². The van der Waals surface area contributed by atoms with Gasteiger partial charge in [-0.25, -0.2) is 0 Å². The van der Waals surface area contributed by atoms with Crippen LogP contribution in [-0.2, 0) is 9.59 Å². The number of amides is 2. The maximum absolute atomic E-state index is 13.2. The highest BCUT2D eigenvalue weighted by molar-refractivity contribution is 6.30. The molecule has 0 unspecified atom stereocenters. The molecule has 5 rings (SSSR count). The molecule has 0 heterocycles. The topological polar surface area (TPSA) is 49.4 Å². The zero-order chi connectivity index (χ0) is 17.6. The molecule has 4 aliphatic rings. The van der Waals surface area contributed by atoms with E-state index in [4.69, 9.17) is 11.6 Å². The second-order valence-electron chi connectivity index (χ2n) is 8.41. The summed E-state index contributed by atoms with van der Waals surface area (Å²) in [6.45, 7) is 0.100. The van der Waals surface area contributed by atoms with Crippen LogP contribution in [0, 0.1) is 23.2 Å². The van der Waals surface area contributed by atoms with E-state index in [1.807, 2.05) is 0 Å². The summed E-state index contributed by atoms with van der Waals surface area (Å²) in [5.41, 5.74) is 0.509. The average molecular weight is 361 g/mol. The Hall–Kier alpha value is -1.55. The Morgan fingerprint density at radius 1 is 1.08 bits per heavy atom. The van der Waals surface area contributed by atoms with E-state index in [0.29, 0.717) is 10.7 Å². The number of hydrogen-bond acceptors (Lipinski definition) is 2. The molecule has 25 heavy (non-hydrogen) atoms. The number of carbonyl (C=O) groups is 2. The molecule has 0 aromatic heterocycles. The lowest BCUT2D eigenvalue weighted by Crippen LogP contribution is -2.54. The molecule has 1 aromatic carbocycles. The highest BCUT2D eigenvalue weighted by Crippen LogP contribution is 2.60. The molecule has 134 valence electrons. The van der Waals surface area contributed by atoms with Crippen LogP contribution in [0.5, 0.6) is 0 Å². The molecule has 5 heteroatoms. The van der Waals surface area contributed by atoms with Crippen molar-refractivity contribution in [1.29, 1.82) is 0 Å². The lowest BCUT2D eigenvalue weighted by atomic mass is 9.49. The summed E-state index contributed by atoms with van der Waals surface area (Å²) in [6, 6.07) is 7.01. The van der Waals surface area contributed by atoms with Gasteiger partial charge in [-0.1, -0.05) is 11.6 Å². The van der Waals surface area contributed by atoms with E-state index < -0.39 is 0 Å². The maximum Gasteiger partial charge on any atom is 0.243 e. The molecule has 0 radical (unpaired) electrons. The Morgan fingerprint density at radius 3 is 2.12 bits per heavy atom. The SMILES string of the molecule is CN(CC(=O)Nc1ccc(Cl)cc1)C(=O)C12CC3CC(CC(C3)C1)C2. The fourth-order valence-corrected chi connectivity index (χ4v) is 5.92. The molecule has 4 nitrogen and oxygen atoms in total. The first-order chi connectivity index (χ1) is 11.9. The molecular weight excluding hydrogens is 336 g/mol. The van der Waals surface area contributed by atoms with Crippen LogP contribution >= 0.6 is 11.6 Å². The van der Waals surface area contributed by atoms with Gasteiger partial charge in [0, 0.05) is 17.8 Å². The predicted molar refractivity (Wildman–Crippen MR) is 98.3 cm³/mol. The fraction of sp³-hybridized carbons (Fsp3) is 0.600. The fourth-order valence-electron chi connectivity index (χ4n) is 5.80. The largest absolute Gasteiger partial charge is 0.336 e. The van der Waals surface area contributed by atoms with Crippen LogP contribution in [0.3, 0.4) is 0 Å². The highest BCUT2D eigenvalue weighted by atomic mass is 35.5. The van der Waals surface area contributed by atoms with Crippen molar-refractivity contribution < 1.29 is 9.59 Å². The first kappa shape index (κ1) is 16.9. The van der Waals surface area contributed by atoms with Crippen molar-refractivity contribution in [2.24, 2.45) is 23.2 Å². The highest BCUT2D eigenvalue weighted by Gasteiger charge is 2.55. The lowest BCUT2D eigenvalue weighted by Gasteiger charge is -2.56. The molecule has 4 fully saturated rings. The molecule has 1 aromatic rings. The molecule has 0 saturated heterocycles. The summed E-state index contributed by atoms with van der Waals surface area (Å²) in [6.07, 6.45) is 7.02. The Balaban J connectivity index is 1.39. The summed E-state index contributed by atoms with van der Waals surface area (Å²) < 4.78 is 0. The number of halogens is 1. The molecule has 0 atom stereocenters. The van der Waals surface area contributed by atoms with Gasteiger partial charge in [-0.3, -0.25) is 9.59 Å². The molecule has 4 bridgehead atoms. The van der Waals surface area contributed by atoms with Crippen molar-refractivity contribution in [2.75, 3.05) is 18.9 Å². The number of anilines is 1. The maximum atomic E-state index is 13.2. The molecule has 0 spiro atoms. The first-order valence-corrected chi connectivity index (χ1v) is 9.62. The summed E-state index contributed by atoms with van der Waals surface area (Å²) in [7, 11) is 1.77. The van der Waals surface area contributed by atoms with E-state index in [9.17, 15) is 9.59 Å². The second-order valence-corrected chi connectivity index (χ2v) is 8.85. The first-order valence-electron chi connectivity index (χ1n) is 9.24. The van der Waals surface area contributed by atoms with Gasteiger partial charge in [-0.05, 0) is 80.5 Å². The standard InChI is InChI=1S/C20H25ClN2O2/c1-23(12-18(24)22-17-4-2-16(21)3-5-17)19(25)20-9-13-6-14(10-20)8-15(7-13)11-20/h2-5,13-15H,6-12H2,1H3,(H,22,24). The monoisotopic (exact) mass is 360 g/mol. The van der Waals surface area contributed by atoms with E-state index in [-0.39, 0.29) is 23.8 Å². The van der Waals surface area contributed by atoms with E-state index in [1.165, 1.54) is 19.3 Å². The normalized spacial score (nSPS) is 32.5. The molecule has 4 aliphatic carbocycles. The van der Waals surface area contributed by atoms with Gasteiger partial charge in [-0.2, -0.15) is 0 Å². The van der Waals surface area contributed by atoms with Crippen LogP contribution in [0.25, 0.3) is 0 Å². The minimum absolute atomic E-state index is 0.100. The average Bonchev–Trinajstić information content (AvgIpc) is 2.55. The van der Waals surface area contributed by atoms with Crippen LogP contribution in [0.2, 0.25) is 5.02 Å². The Bertz CT molecular complexity index is 650. The lowest BCUT2D eigenvalue weighted by molar-refractivity contribution is -0.157. The smallest absolute Gasteiger partial charge is 0.243 e. The van der Waals surface area contributed by atoms with E-state index in [0.717, 1.165) is 37.0 Å². The molecule has 0 aliphatic heterocycles. The summed E-state index contributed by atoms with van der Waals surface area (Å²) in [5, 5.41) is 3.47. The van der Waals surface area contributed by atoms with Gasteiger partial charge < -0.3 is 10.2 Å². The zero-order valence-corrected chi connectivity index (χ0v) is 15.4. The Kier molecular flexibility index (Phi) is 4.27. The minimum atomic E-state index is -0.190. The molecular formula is C20H25ClN2O2. The van der Waals surface area contributed by atoms with Crippen molar-refractivity contribution in [1.82, 2.24) is 4.90 Å². The molecule has 1 N–H and O–H groups in total. The van der Waals surface area contributed by atoms with Crippen LogP contribution in [0.1, 0.15) is 38.5 Å². The van der Waals surface area contributed by atoms with Gasteiger partial charge >= 0.3 is 0 Å². The quantitative estimate of drug-likeness (QED) is 0.883. The van der Waals surface area contributed by atoms with Crippen LogP contribution in [0.4, 0.5) is 5.69 Å². The Morgan fingerprint density at radius 2 is 1.60 bits per heavy atom. The second kappa shape index (κ2) is 6.31. The van der Waals surface area contributed by atoms with E-state index in [1.54, 1.807) is 36.2 Å². The number of likely N-dealkylation sites (N-methyl/N-ethyl adjacent to an activating group) is 1. The van der Waals surface area contributed by atoms with Crippen LogP contribution in [-0.4, -0.2) is 30.3 Å². The minimum Gasteiger partial charge on any atom is -0.336 e. The van der Waals surface area contributed by atoms with Crippen molar-refractivity contribution in [2.45, 2.75) is 38.5 Å². The van der Waals surface area contributed by atoms with Crippen LogP contribution in [0.15, 0.2) is 24.3 Å². The van der Waals surface area contributed by atoms with Crippen molar-refractivity contribution in [3.8, 4) is 0 Å². The van der Waals surface area contributed by atoms with Gasteiger partial charge in [0.2, 0.25) is 11.8 Å². The third kappa shape index (κ3) is 3.29. The third-order valence-electron chi connectivity index (χ3n) is 6.35. The summed E-state index contributed by atoms with van der Waals surface area (Å²) in [5.74, 6) is 2.20. The summed E-state index contributed by atoms with van der Waals surface area (Å²) >= 11 is 5.86. The zero-order valence-electron chi connectivity index (χ0n) is 14.6. The van der Waals surface area contributed by atoms with Crippen molar-refractivity contribution >= 4 is 29.1 Å². The number of nitrogens with one attached hydrogen (secondary N) is 1. The molecule has 2 amide bonds. The Labute approximate surface area is 153 Å². The van der Waals surface area contributed by atoms with Gasteiger partial charge in [-0.15, -0.1) is 0 Å². The van der Waals surface area contributed by atoms with E-state index >= 15 is 0 Å². The van der Waals surface area contributed by atoms with Gasteiger partial charge in [0.25, 0.3) is 0 Å². The number of hydrogen-bond donors (Lipinski definition) is 1. The van der Waals surface area contributed by atoms with Crippen LogP contribution < -0.4 is 5.32 Å². The molecule has 4 saturated carbocycles. The number of rotatable bonds is 4. The van der Waals surface area contributed by atoms with E-state index in [2.05, 4.69) is 5.32 Å². The van der Waals surface area contributed by atoms with Crippen molar-refractivity contribution in [3.05, 3.63) is 29.3 Å². The number of benzene rings is 1. The van der Waals surface area contributed by atoms with Gasteiger partial charge in [0.15, 0.2) is 0 Å². The number of carbonyl (C=O) groups excluding carboxylic acids is 2. The number of nitrogens with zero attached hydrogens (tertiary/aromatic N) is 1. The summed E-state index contributed by atoms with van der Waals surface area (Å²) in [4.78, 5) is 27.1. The van der Waals surface area contributed by atoms with Gasteiger partial charge in [0.05, 0.1) is 12.0 Å². The third-order valence-corrected chi connectivity index (χ3v) is 6.60. The van der Waals surface area contributed by atoms with Gasteiger partial charge in [0.1, 0.15) is 0 Å².